The Morgan fingerprint density at radius 2 is 1.77 bits per heavy atom. The maximum atomic E-state index is 13.1. The molecule has 0 unspecified atom stereocenters. The number of nitro groups is 1. The highest BCUT2D eigenvalue weighted by molar-refractivity contribution is 9.09. The van der Waals surface area contributed by atoms with Crippen molar-refractivity contribution in [3.8, 4) is 0 Å². The molecule has 1 aromatic carbocycles. The van der Waals surface area contributed by atoms with Crippen LogP contribution in [0.3, 0.4) is 0 Å². The third-order valence-corrected chi connectivity index (χ3v) is 6.90. The summed E-state index contributed by atoms with van der Waals surface area (Å²) in [5.74, 6) is -0.166. The molecule has 0 N–H and O–H groups in total. The molecule has 0 atom stereocenters. The SMILES string of the molecule is Cc1cc([N+](=O)[O-])cc(S(=O)(=O)CCCN(C)C)c1N(CCBr)CCOS(C)(=O)=O. The minimum absolute atomic E-state index is 0.0948. The Morgan fingerprint density at radius 1 is 1.13 bits per heavy atom. The minimum atomic E-state index is -3.83. The van der Waals surface area contributed by atoms with E-state index in [1.165, 1.54) is 6.07 Å². The molecule has 0 aliphatic carbocycles. The van der Waals surface area contributed by atoms with Crippen molar-refractivity contribution in [1.29, 1.82) is 0 Å². The summed E-state index contributed by atoms with van der Waals surface area (Å²) in [5.41, 5.74) is 0.423. The number of hydrogen-bond donors (Lipinski definition) is 0. The van der Waals surface area contributed by atoms with Gasteiger partial charge in [0.05, 0.1) is 34.1 Å². The number of sulfone groups is 1. The van der Waals surface area contributed by atoms with E-state index in [-0.39, 0.29) is 29.5 Å². The Hall–Kier alpha value is -1.28. The van der Waals surface area contributed by atoms with Crippen molar-refractivity contribution in [2.45, 2.75) is 18.2 Å². The average Bonchev–Trinajstić information content (AvgIpc) is 2.58. The maximum absolute atomic E-state index is 13.1. The standard InChI is InChI=1S/C17H28BrN3O7S2/c1-14-12-15(21(22)23)13-16(30(26,27)11-5-7-19(2)3)17(14)20(8-6-18)9-10-28-29(4,24)25/h12-13H,5-11H2,1-4H3. The summed E-state index contributed by atoms with van der Waals surface area (Å²) in [7, 11) is -3.83. The van der Waals surface area contributed by atoms with Crippen LogP contribution in [0, 0.1) is 17.0 Å². The lowest BCUT2D eigenvalue weighted by atomic mass is 10.1. The predicted molar refractivity (Wildman–Crippen MR) is 120 cm³/mol. The number of halogens is 1. The van der Waals surface area contributed by atoms with E-state index < -0.39 is 24.9 Å². The van der Waals surface area contributed by atoms with Crippen LogP contribution in [0.2, 0.25) is 0 Å². The summed E-state index contributed by atoms with van der Waals surface area (Å²) in [4.78, 5) is 14.1. The number of alkyl halides is 1. The topological polar surface area (TPSA) is 127 Å². The van der Waals surface area contributed by atoms with Crippen LogP contribution in [0.15, 0.2) is 17.0 Å². The van der Waals surface area contributed by atoms with E-state index in [0.717, 1.165) is 12.3 Å². The van der Waals surface area contributed by atoms with Crippen molar-refractivity contribution in [2.24, 2.45) is 0 Å². The quantitative estimate of drug-likeness (QED) is 0.162. The van der Waals surface area contributed by atoms with Gasteiger partial charge < -0.3 is 9.80 Å². The van der Waals surface area contributed by atoms with Gasteiger partial charge in [0.1, 0.15) is 0 Å². The molecule has 30 heavy (non-hydrogen) atoms. The van der Waals surface area contributed by atoms with Crippen LogP contribution in [0.25, 0.3) is 0 Å². The monoisotopic (exact) mass is 529 g/mol. The Morgan fingerprint density at radius 3 is 2.27 bits per heavy atom. The number of hydrogen-bond acceptors (Lipinski definition) is 9. The fourth-order valence-electron chi connectivity index (χ4n) is 2.89. The number of anilines is 1. The molecule has 0 saturated heterocycles. The van der Waals surface area contributed by atoms with Crippen molar-refractivity contribution in [3.05, 3.63) is 27.8 Å². The molecule has 13 heteroatoms. The molecule has 0 radical (unpaired) electrons. The second-order valence-corrected chi connectivity index (χ2v) is 11.6. The molecule has 0 aliphatic rings. The summed E-state index contributed by atoms with van der Waals surface area (Å²) in [5, 5.41) is 11.8. The van der Waals surface area contributed by atoms with Crippen LogP contribution in [0.1, 0.15) is 12.0 Å². The van der Waals surface area contributed by atoms with E-state index in [4.69, 9.17) is 4.18 Å². The van der Waals surface area contributed by atoms with E-state index in [0.29, 0.717) is 36.1 Å². The van der Waals surface area contributed by atoms with E-state index in [9.17, 15) is 26.9 Å². The van der Waals surface area contributed by atoms with Crippen LogP contribution in [-0.4, -0.2) is 84.3 Å². The fraction of sp³-hybridized carbons (Fsp3) is 0.647. The highest BCUT2D eigenvalue weighted by Gasteiger charge is 2.27. The maximum Gasteiger partial charge on any atom is 0.271 e. The van der Waals surface area contributed by atoms with Crippen molar-refractivity contribution >= 4 is 47.3 Å². The zero-order chi connectivity index (χ0) is 23.1. The van der Waals surface area contributed by atoms with Gasteiger partial charge in [-0.15, -0.1) is 0 Å². The zero-order valence-corrected chi connectivity index (χ0v) is 20.7. The number of aryl methyl sites for hydroxylation is 1. The molecular weight excluding hydrogens is 502 g/mol. The third-order valence-electron chi connectivity index (χ3n) is 4.14. The van der Waals surface area contributed by atoms with Gasteiger partial charge in [-0.05, 0) is 39.5 Å². The van der Waals surface area contributed by atoms with E-state index in [1.807, 2.05) is 19.0 Å². The number of benzene rings is 1. The van der Waals surface area contributed by atoms with Crippen molar-refractivity contribution in [3.63, 3.8) is 0 Å². The smallest absolute Gasteiger partial charge is 0.271 e. The van der Waals surface area contributed by atoms with E-state index in [1.54, 1.807) is 11.8 Å². The van der Waals surface area contributed by atoms with E-state index in [2.05, 4.69) is 15.9 Å². The first-order valence-corrected chi connectivity index (χ1v) is 13.7. The van der Waals surface area contributed by atoms with E-state index >= 15 is 0 Å². The minimum Gasteiger partial charge on any atom is -0.367 e. The first kappa shape index (κ1) is 26.8. The molecule has 172 valence electrons. The lowest BCUT2D eigenvalue weighted by molar-refractivity contribution is -0.385. The summed E-state index contributed by atoms with van der Waals surface area (Å²) in [6.45, 7) is 2.42. The third kappa shape index (κ3) is 8.46. The van der Waals surface area contributed by atoms with Crippen LogP contribution in [0.5, 0.6) is 0 Å². The molecule has 0 aliphatic heterocycles. The molecule has 0 saturated carbocycles. The molecule has 0 spiro atoms. The first-order valence-electron chi connectivity index (χ1n) is 9.10. The van der Waals surface area contributed by atoms with Gasteiger partial charge in [0.15, 0.2) is 9.84 Å². The predicted octanol–water partition coefficient (Wildman–Crippen LogP) is 1.81. The molecular formula is C17H28BrN3O7S2. The van der Waals surface area contributed by atoms with Gasteiger partial charge in [0.2, 0.25) is 0 Å². The van der Waals surface area contributed by atoms with Crippen LogP contribution in [-0.2, 0) is 24.1 Å². The first-order chi connectivity index (χ1) is 13.8. The molecule has 0 amide bonds. The number of nitro benzene ring substituents is 1. The Kier molecular flexibility index (Phi) is 10.1. The van der Waals surface area contributed by atoms with Gasteiger partial charge in [0, 0.05) is 30.6 Å². The molecule has 10 nitrogen and oxygen atoms in total. The zero-order valence-electron chi connectivity index (χ0n) is 17.5. The molecule has 0 heterocycles. The normalized spacial score (nSPS) is 12.3. The second-order valence-electron chi connectivity index (χ2n) is 7.04. The largest absolute Gasteiger partial charge is 0.367 e. The molecule has 0 bridgehead atoms. The lowest BCUT2D eigenvalue weighted by Gasteiger charge is -2.28. The van der Waals surface area contributed by atoms with Gasteiger partial charge in [-0.1, -0.05) is 15.9 Å². The molecule has 1 aromatic rings. The number of nitrogens with zero attached hydrogens (tertiary/aromatic N) is 3. The highest BCUT2D eigenvalue weighted by atomic mass is 79.9. The number of non-ortho nitro benzene ring substituents is 1. The Bertz CT molecular complexity index is 950. The summed E-state index contributed by atoms with van der Waals surface area (Å²) in [6, 6.07) is 2.39. The summed E-state index contributed by atoms with van der Waals surface area (Å²) in [6.07, 6.45) is 1.30. The summed E-state index contributed by atoms with van der Waals surface area (Å²) < 4.78 is 53.5. The van der Waals surface area contributed by atoms with Crippen LogP contribution < -0.4 is 4.90 Å². The van der Waals surface area contributed by atoms with Crippen molar-refractivity contribution in [1.82, 2.24) is 4.90 Å². The van der Waals surface area contributed by atoms with Gasteiger partial charge in [-0.2, -0.15) is 8.42 Å². The summed E-state index contributed by atoms with van der Waals surface area (Å²) >= 11 is 3.31. The Balaban J connectivity index is 3.43. The molecule has 0 aromatic heterocycles. The van der Waals surface area contributed by atoms with Gasteiger partial charge in [0.25, 0.3) is 15.8 Å². The number of rotatable bonds is 13. The second kappa shape index (κ2) is 11.4. The van der Waals surface area contributed by atoms with Crippen molar-refractivity contribution in [2.75, 3.05) is 62.6 Å². The Labute approximate surface area is 186 Å². The highest BCUT2D eigenvalue weighted by Crippen LogP contribution is 2.34. The van der Waals surface area contributed by atoms with Gasteiger partial charge in [-0.25, -0.2) is 8.42 Å². The fourth-order valence-corrected chi connectivity index (χ4v) is 5.31. The van der Waals surface area contributed by atoms with Gasteiger partial charge in [-0.3, -0.25) is 14.3 Å². The van der Waals surface area contributed by atoms with Crippen LogP contribution >= 0.6 is 15.9 Å². The molecule has 1 rings (SSSR count). The molecule has 0 fully saturated rings. The average molecular weight is 530 g/mol. The van der Waals surface area contributed by atoms with Crippen molar-refractivity contribution < 1.29 is 25.9 Å². The lowest BCUT2D eigenvalue weighted by Crippen LogP contribution is -2.32. The van der Waals surface area contributed by atoms with Gasteiger partial charge >= 0.3 is 0 Å². The van der Waals surface area contributed by atoms with Crippen LogP contribution in [0.4, 0.5) is 11.4 Å².